The number of rotatable bonds is 0. The van der Waals surface area contributed by atoms with Gasteiger partial charge < -0.3 is 0 Å². The number of halogens is 1. The lowest BCUT2D eigenvalue weighted by Crippen LogP contribution is -2.25. The topological polar surface area (TPSA) is 3.88 Å². The second-order valence-electron chi connectivity index (χ2n) is 2.74. The zero-order chi connectivity index (χ0) is 9.68. The van der Waals surface area contributed by atoms with Crippen molar-refractivity contribution in [2.24, 2.45) is 7.05 Å². The number of nitrogens with zero attached hydrogens (tertiary/aromatic N) is 1. The maximum atomic E-state index is 9.50. The van der Waals surface area contributed by atoms with E-state index in [1.807, 2.05) is 7.05 Å². The van der Waals surface area contributed by atoms with Crippen LogP contribution in [-0.2, 0) is 7.05 Å². The number of hydrogen-bond donors (Lipinski definition) is 0. The fraction of sp³-hybridized carbons (Fsp3) is 0.182. The van der Waals surface area contributed by atoms with Gasteiger partial charge in [0.25, 0.3) is 0 Å². The van der Waals surface area contributed by atoms with Gasteiger partial charge in [-0.1, -0.05) is 18.2 Å². The van der Waals surface area contributed by atoms with Crippen molar-refractivity contribution < 1.29 is 8.96 Å². The summed E-state index contributed by atoms with van der Waals surface area (Å²) in [4.78, 5) is 0. The molecule has 1 aromatic carbocycles. The number of hydrogen-bond acceptors (Lipinski definition) is 0. The van der Waals surface area contributed by atoms with Gasteiger partial charge in [0, 0.05) is 11.5 Å². The average Bonchev–Trinajstić information content (AvgIpc) is 2.21. The Balaban J connectivity index is 0.000000396. The van der Waals surface area contributed by atoms with Gasteiger partial charge in [-0.3, -0.25) is 4.39 Å². The van der Waals surface area contributed by atoms with Crippen molar-refractivity contribution in [2.75, 3.05) is 7.18 Å². The Morgan fingerprint density at radius 2 is 1.62 bits per heavy atom. The van der Waals surface area contributed by atoms with E-state index in [0.717, 1.165) is 0 Å². The Kier molecular flexibility index (Phi) is 3.38. The molecule has 0 saturated carbocycles. The van der Waals surface area contributed by atoms with E-state index in [4.69, 9.17) is 0 Å². The Hall–Kier alpha value is -1.44. The Bertz CT molecular complexity index is 385. The molecular weight excluding hydrogens is 165 g/mol. The largest absolute Gasteiger partial charge is 0.255 e. The van der Waals surface area contributed by atoms with Crippen molar-refractivity contribution in [3.05, 3.63) is 42.7 Å². The van der Waals surface area contributed by atoms with Gasteiger partial charge in [-0.15, -0.1) is 0 Å². The van der Waals surface area contributed by atoms with Crippen LogP contribution in [0, 0.1) is 0 Å². The first-order valence-corrected chi connectivity index (χ1v) is 4.08. The molecule has 0 unspecified atom stereocenters. The minimum absolute atomic E-state index is 0.500. The Morgan fingerprint density at radius 1 is 1.00 bits per heavy atom. The molecule has 0 atom stereocenters. The molecule has 13 heavy (non-hydrogen) atoms. The molecule has 1 nitrogen and oxygen atoms in total. The highest BCUT2D eigenvalue weighted by Crippen LogP contribution is 2.08. The third-order valence-electron chi connectivity index (χ3n) is 1.83. The maximum absolute atomic E-state index is 9.50. The monoisotopic (exact) mass is 178 g/mol. The molecule has 0 amide bonds. The summed E-state index contributed by atoms with van der Waals surface area (Å²) in [5.41, 5.74) is 0. The molecule has 2 heteroatoms. The van der Waals surface area contributed by atoms with E-state index < -0.39 is 0 Å². The molecule has 2 aromatic rings. The van der Waals surface area contributed by atoms with E-state index in [0.29, 0.717) is 7.18 Å². The van der Waals surface area contributed by atoms with Crippen LogP contribution in [0.15, 0.2) is 42.7 Å². The third-order valence-corrected chi connectivity index (χ3v) is 1.83. The summed E-state index contributed by atoms with van der Waals surface area (Å²) in [6.07, 6.45) is 4.18. The van der Waals surface area contributed by atoms with Crippen LogP contribution in [0.5, 0.6) is 0 Å². The van der Waals surface area contributed by atoms with E-state index in [1.165, 1.54) is 10.8 Å². The fourth-order valence-electron chi connectivity index (χ4n) is 1.24. The van der Waals surface area contributed by atoms with E-state index in [1.54, 1.807) is 0 Å². The van der Waals surface area contributed by atoms with Crippen LogP contribution in [-0.4, -0.2) is 7.18 Å². The minimum Gasteiger partial charge on any atom is -0.255 e. The van der Waals surface area contributed by atoms with Gasteiger partial charge in [0.2, 0.25) is 0 Å². The van der Waals surface area contributed by atoms with Crippen LogP contribution in [0.3, 0.4) is 0 Å². The fourth-order valence-corrected chi connectivity index (χ4v) is 1.24. The number of fused-ring (bicyclic) bond motifs is 1. The molecule has 1 heterocycles. The van der Waals surface area contributed by atoms with Crippen molar-refractivity contribution in [1.82, 2.24) is 0 Å². The van der Waals surface area contributed by atoms with Crippen molar-refractivity contribution in [2.45, 2.75) is 0 Å². The van der Waals surface area contributed by atoms with Crippen LogP contribution in [0.25, 0.3) is 10.8 Å². The lowest BCUT2D eigenvalue weighted by molar-refractivity contribution is -0.670. The molecule has 0 spiro atoms. The highest BCUT2D eigenvalue weighted by atomic mass is 19.1. The summed E-state index contributed by atoms with van der Waals surface area (Å²) in [6, 6.07) is 10.5. The second-order valence-corrected chi connectivity index (χ2v) is 2.74. The number of alkyl halides is 1. The molecule has 68 valence electrons. The summed E-state index contributed by atoms with van der Waals surface area (Å²) in [6.45, 7) is 0. The second kappa shape index (κ2) is 4.55. The van der Waals surface area contributed by atoms with Gasteiger partial charge >= 0.3 is 0 Å². The zero-order valence-corrected chi connectivity index (χ0v) is 7.87. The van der Waals surface area contributed by atoms with E-state index in [-0.39, 0.29) is 0 Å². The molecular formula is C11H13FN+. The Morgan fingerprint density at radius 3 is 2.31 bits per heavy atom. The summed E-state index contributed by atoms with van der Waals surface area (Å²) in [5, 5.41) is 2.59. The maximum Gasteiger partial charge on any atom is 0.176 e. The summed E-state index contributed by atoms with van der Waals surface area (Å²) in [7, 11) is 2.53. The molecule has 0 N–H and O–H groups in total. The molecule has 1 aromatic heterocycles. The predicted octanol–water partition coefficient (Wildman–Crippen LogP) is 2.25. The lowest BCUT2D eigenvalue weighted by atomic mass is 10.2. The van der Waals surface area contributed by atoms with Gasteiger partial charge in [0.1, 0.15) is 7.05 Å². The highest BCUT2D eigenvalue weighted by Gasteiger charge is 1.94. The molecule has 0 fully saturated rings. The number of benzene rings is 1. The minimum atomic E-state index is 0.500. The molecule has 0 bridgehead atoms. The van der Waals surface area contributed by atoms with Gasteiger partial charge in [-0.2, -0.15) is 0 Å². The first-order valence-electron chi connectivity index (χ1n) is 4.08. The first-order chi connectivity index (χ1) is 6.36. The number of aryl methyl sites for hydroxylation is 1. The number of pyridine rings is 1. The highest BCUT2D eigenvalue weighted by molar-refractivity contribution is 5.80. The van der Waals surface area contributed by atoms with Crippen LogP contribution in [0.4, 0.5) is 4.39 Å². The average molecular weight is 178 g/mol. The van der Waals surface area contributed by atoms with Gasteiger partial charge in [-0.25, -0.2) is 4.57 Å². The molecule has 0 aliphatic heterocycles. The number of aromatic nitrogens is 1. The van der Waals surface area contributed by atoms with Crippen LogP contribution < -0.4 is 4.57 Å². The summed E-state index contributed by atoms with van der Waals surface area (Å²) >= 11 is 0. The summed E-state index contributed by atoms with van der Waals surface area (Å²) < 4.78 is 11.6. The van der Waals surface area contributed by atoms with E-state index >= 15 is 0 Å². The third kappa shape index (κ3) is 2.25. The first kappa shape index (κ1) is 9.65. The van der Waals surface area contributed by atoms with Crippen molar-refractivity contribution >= 4 is 10.8 Å². The molecule has 0 radical (unpaired) electrons. The Labute approximate surface area is 77.4 Å². The normalized spacial score (nSPS) is 9.15. The van der Waals surface area contributed by atoms with Crippen LogP contribution >= 0.6 is 0 Å². The van der Waals surface area contributed by atoms with Crippen LogP contribution in [0.1, 0.15) is 0 Å². The van der Waals surface area contributed by atoms with Crippen molar-refractivity contribution in [1.29, 1.82) is 0 Å². The smallest absolute Gasteiger partial charge is 0.176 e. The van der Waals surface area contributed by atoms with E-state index in [2.05, 4.69) is 47.3 Å². The molecule has 0 aliphatic rings. The molecule has 2 rings (SSSR count). The predicted molar refractivity (Wildman–Crippen MR) is 52.2 cm³/mol. The van der Waals surface area contributed by atoms with Crippen molar-refractivity contribution in [3.8, 4) is 0 Å². The molecule has 0 aliphatic carbocycles. The standard InChI is InChI=1S/C10H10N.CH3F/c1-11-7-6-9-4-2-3-5-10(9)8-11;1-2/h2-8H,1H3;1H3/q+1;. The van der Waals surface area contributed by atoms with Crippen LogP contribution in [0.2, 0.25) is 0 Å². The quantitative estimate of drug-likeness (QED) is 0.545. The molecule has 0 saturated heterocycles. The van der Waals surface area contributed by atoms with Gasteiger partial charge in [0.15, 0.2) is 12.4 Å². The SMILES string of the molecule is CF.C[n+]1ccc2ccccc2c1. The van der Waals surface area contributed by atoms with Crippen molar-refractivity contribution in [3.63, 3.8) is 0 Å². The van der Waals surface area contributed by atoms with Gasteiger partial charge in [0.05, 0.1) is 7.18 Å². The lowest BCUT2D eigenvalue weighted by Gasteiger charge is -1.92. The van der Waals surface area contributed by atoms with E-state index in [9.17, 15) is 4.39 Å². The summed E-state index contributed by atoms with van der Waals surface area (Å²) in [5.74, 6) is 0. The van der Waals surface area contributed by atoms with Gasteiger partial charge in [-0.05, 0) is 11.5 Å². The zero-order valence-electron chi connectivity index (χ0n) is 7.87.